The molecule has 4 rings (SSSR count). The van der Waals surface area contributed by atoms with Crippen LogP contribution in [0.1, 0.15) is 25.1 Å². The summed E-state index contributed by atoms with van der Waals surface area (Å²) >= 11 is 0. The van der Waals surface area contributed by atoms with Crippen molar-refractivity contribution in [2.24, 2.45) is 0 Å². The first-order chi connectivity index (χ1) is 14.0. The summed E-state index contributed by atoms with van der Waals surface area (Å²) in [5, 5.41) is 11.9. The molecule has 1 saturated heterocycles. The van der Waals surface area contributed by atoms with Gasteiger partial charge in [-0.25, -0.2) is 8.78 Å². The van der Waals surface area contributed by atoms with Crippen LogP contribution in [0.4, 0.5) is 27.8 Å². The number of aromatic nitrogens is 7. The number of hydrogen-bond acceptors (Lipinski definition) is 9. The average Bonchev–Trinajstić information content (AvgIpc) is 3.32. The summed E-state index contributed by atoms with van der Waals surface area (Å²) in [7, 11) is 0. The zero-order valence-corrected chi connectivity index (χ0v) is 15.7. The average molecular weight is 434 g/mol. The molecule has 1 aliphatic heterocycles. The number of ether oxygens (including phenoxy) is 1. The molecule has 0 saturated carbocycles. The van der Waals surface area contributed by atoms with E-state index in [1.54, 1.807) is 6.92 Å². The Bertz CT molecular complexity index is 1070. The van der Waals surface area contributed by atoms with E-state index in [1.165, 1.54) is 4.90 Å². The van der Waals surface area contributed by atoms with Gasteiger partial charge in [0.05, 0.1) is 6.54 Å². The van der Waals surface area contributed by atoms with Gasteiger partial charge in [0, 0.05) is 13.0 Å². The molecule has 0 spiro atoms. The molecule has 4 heterocycles. The van der Waals surface area contributed by atoms with Crippen LogP contribution in [0, 0.1) is 6.92 Å². The molecule has 1 atom stereocenters. The third-order valence-corrected chi connectivity index (χ3v) is 4.31. The Labute approximate surface area is 165 Å². The lowest BCUT2D eigenvalue weighted by Gasteiger charge is -2.19. The van der Waals surface area contributed by atoms with Crippen molar-refractivity contribution < 1.29 is 31.2 Å². The summed E-state index contributed by atoms with van der Waals surface area (Å²) in [5.74, 6) is -2.49. The van der Waals surface area contributed by atoms with Gasteiger partial charge in [-0.05, 0) is 13.8 Å². The molecule has 0 bridgehead atoms. The summed E-state index contributed by atoms with van der Waals surface area (Å²) in [6, 6.07) is -0.641. The SMILES string of the molecule is Cc1noc(Cn2nc3nc(OC(C)C(F)(F)F)nc(N4CCC(F)(F)C4)c3n2)n1. The topological polar surface area (TPSA) is 108 Å². The maximum atomic E-state index is 13.7. The van der Waals surface area contributed by atoms with Crippen molar-refractivity contribution in [3.05, 3.63) is 11.7 Å². The molecular weight excluding hydrogens is 419 g/mol. The van der Waals surface area contributed by atoms with Crippen molar-refractivity contribution in [2.75, 3.05) is 18.0 Å². The largest absolute Gasteiger partial charge is 0.451 e. The summed E-state index contributed by atoms with van der Waals surface area (Å²) in [5.41, 5.74) is -0.0771. The van der Waals surface area contributed by atoms with E-state index in [-0.39, 0.29) is 36.0 Å². The molecule has 1 aliphatic rings. The lowest BCUT2D eigenvalue weighted by atomic mass is 10.3. The fraction of sp³-hybridized carbons (Fsp3) is 0.600. The van der Waals surface area contributed by atoms with E-state index in [2.05, 4.69) is 30.3 Å². The minimum absolute atomic E-state index is 0.0379. The number of halogens is 5. The predicted octanol–water partition coefficient (Wildman–Crippen LogP) is 2.14. The van der Waals surface area contributed by atoms with Crippen LogP contribution in [0.5, 0.6) is 6.01 Å². The Morgan fingerprint density at radius 1 is 1.20 bits per heavy atom. The van der Waals surface area contributed by atoms with Gasteiger partial charge in [0.2, 0.25) is 11.5 Å². The minimum Gasteiger partial charge on any atom is -0.451 e. The first-order valence-electron chi connectivity index (χ1n) is 8.78. The van der Waals surface area contributed by atoms with Gasteiger partial charge in [-0.15, -0.1) is 10.2 Å². The maximum absolute atomic E-state index is 13.7. The van der Waals surface area contributed by atoms with Gasteiger partial charge in [-0.2, -0.15) is 32.9 Å². The quantitative estimate of drug-likeness (QED) is 0.558. The van der Waals surface area contributed by atoms with Gasteiger partial charge in [0.15, 0.2) is 23.3 Å². The normalized spacial score (nSPS) is 17.6. The number of hydrogen-bond donors (Lipinski definition) is 0. The van der Waals surface area contributed by atoms with Crippen molar-refractivity contribution >= 4 is 17.0 Å². The molecule has 0 aromatic carbocycles. The van der Waals surface area contributed by atoms with Gasteiger partial charge in [0.1, 0.15) is 6.54 Å². The van der Waals surface area contributed by atoms with E-state index in [1.807, 2.05) is 0 Å². The number of anilines is 1. The van der Waals surface area contributed by atoms with Crippen LogP contribution in [-0.2, 0) is 6.54 Å². The van der Waals surface area contributed by atoms with Crippen molar-refractivity contribution in [3.63, 3.8) is 0 Å². The Balaban J connectivity index is 1.72. The van der Waals surface area contributed by atoms with E-state index < -0.39 is 37.2 Å². The highest BCUT2D eigenvalue weighted by atomic mass is 19.4. The highest BCUT2D eigenvalue weighted by Gasteiger charge is 2.41. The molecule has 30 heavy (non-hydrogen) atoms. The molecule has 3 aromatic rings. The van der Waals surface area contributed by atoms with Crippen molar-refractivity contribution in [1.82, 2.24) is 35.1 Å². The van der Waals surface area contributed by atoms with Crippen molar-refractivity contribution in [2.45, 2.75) is 45.0 Å². The van der Waals surface area contributed by atoms with Crippen LogP contribution < -0.4 is 9.64 Å². The zero-order chi connectivity index (χ0) is 21.7. The van der Waals surface area contributed by atoms with E-state index in [4.69, 9.17) is 9.26 Å². The highest BCUT2D eigenvalue weighted by molar-refractivity contribution is 5.83. The van der Waals surface area contributed by atoms with Crippen LogP contribution in [0.15, 0.2) is 4.52 Å². The highest BCUT2D eigenvalue weighted by Crippen LogP contribution is 2.34. The molecule has 15 heteroatoms. The Kier molecular flexibility index (Phi) is 4.69. The molecule has 162 valence electrons. The van der Waals surface area contributed by atoms with E-state index in [9.17, 15) is 22.0 Å². The first kappa shape index (κ1) is 20.2. The Morgan fingerprint density at radius 3 is 2.57 bits per heavy atom. The van der Waals surface area contributed by atoms with Gasteiger partial charge in [-0.1, -0.05) is 5.16 Å². The molecular formula is C15H15F5N8O2. The van der Waals surface area contributed by atoms with Crippen LogP contribution >= 0.6 is 0 Å². The second kappa shape index (κ2) is 6.98. The maximum Gasteiger partial charge on any atom is 0.425 e. The van der Waals surface area contributed by atoms with E-state index in [0.717, 1.165) is 11.7 Å². The molecule has 0 N–H and O–H groups in total. The fourth-order valence-corrected chi connectivity index (χ4v) is 2.83. The lowest BCUT2D eigenvalue weighted by molar-refractivity contribution is -0.190. The third kappa shape index (κ3) is 4.09. The monoisotopic (exact) mass is 434 g/mol. The number of alkyl halides is 5. The molecule has 0 amide bonds. The Hall–Kier alpha value is -3.13. The number of rotatable bonds is 5. The smallest absolute Gasteiger partial charge is 0.425 e. The summed E-state index contributed by atoms with van der Waals surface area (Å²) in [6.07, 6.45) is -7.30. The second-order valence-electron chi connectivity index (χ2n) is 6.80. The van der Waals surface area contributed by atoms with Crippen LogP contribution in [-0.4, -0.2) is 66.4 Å². The lowest BCUT2D eigenvalue weighted by Crippen LogP contribution is -2.32. The van der Waals surface area contributed by atoms with Crippen LogP contribution in [0.3, 0.4) is 0 Å². The molecule has 1 fully saturated rings. The summed E-state index contributed by atoms with van der Waals surface area (Å²) in [6.45, 7) is 1.61. The van der Waals surface area contributed by atoms with E-state index in [0.29, 0.717) is 5.82 Å². The fourth-order valence-electron chi connectivity index (χ4n) is 2.83. The summed E-state index contributed by atoms with van der Waals surface area (Å²) < 4.78 is 75.7. The zero-order valence-electron chi connectivity index (χ0n) is 15.7. The molecule has 10 nitrogen and oxygen atoms in total. The van der Waals surface area contributed by atoms with Gasteiger partial charge < -0.3 is 14.2 Å². The molecule has 0 radical (unpaired) electrons. The van der Waals surface area contributed by atoms with Crippen LogP contribution in [0.2, 0.25) is 0 Å². The molecule has 3 aromatic heterocycles. The standard InChI is InChI=1S/C15H15F5N8O2/c1-7(15(18,19)20)29-13-22-11-10(12(23-13)27-4-3-14(16,17)6-27)24-28(25-11)5-9-21-8(2)26-30-9/h7H,3-6H2,1-2H3. The van der Waals surface area contributed by atoms with Crippen molar-refractivity contribution in [1.29, 1.82) is 0 Å². The predicted molar refractivity (Wildman–Crippen MR) is 89.2 cm³/mol. The third-order valence-electron chi connectivity index (χ3n) is 4.31. The number of aryl methyl sites for hydroxylation is 1. The number of nitrogens with zero attached hydrogens (tertiary/aromatic N) is 8. The Morgan fingerprint density at radius 2 is 1.97 bits per heavy atom. The first-order valence-corrected chi connectivity index (χ1v) is 8.78. The molecule has 1 unspecified atom stereocenters. The van der Waals surface area contributed by atoms with Gasteiger partial charge in [-0.3, -0.25) is 0 Å². The van der Waals surface area contributed by atoms with Crippen LogP contribution in [0.25, 0.3) is 11.2 Å². The minimum atomic E-state index is -4.66. The number of fused-ring (bicyclic) bond motifs is 1. The van der Waals surface area contributed by atoms with E-state index >= 15 is 0 Å². The molecule has 0 aliphatic carbocycles. The van der Waals surface area contributed by atoms with Gasteiger partial charge in [0.25, 0.3) is 5.92 Å². The van der Waals surface area contributed by atoms with Gasteiger partial charge >= 0.3 is 12.2 Å². The van der Waals surface area contributed by atoms with Crippen molar-refractivity contribution in [3.8, 4) is 6.01 Å². The summed E-state index contributed by atoms with van der Waals surface area (Å²) in [4.78, 5) is 14.1. The second-order valence-corrected chi connectivity index (χ2v) is 6.80.